The number of carbonyl (C=O) groups excluding carboxylic acids is 2. The van der Waals surface area contributed by atoms with Gasteiger partial charge in [-0.05, 0) is 36.6 Å². The van der Waals surface area contributed by atoms with Gasteiger partial charge in [0.15, 0.2) is 0 Å². The molecule has 0 unspecified atom stereocenters. The molecule has 7 nitrogen and oxygen atoms in total. The Balaban J connectivity index is 0.000000509. The number of halogens is 4. The number of likely N-dealkylation sites (tertiary alicyclic amines) is 1. The Morgan fingerprint density at radius 3 is 2.26 bits per heavy atom. The fourth-order valence-corrected chi connectivity index (χ4v) is 3.33. The van der Waals surface area contributed by atoms with Crippen molar-refractivity contribution in [2.75, 3.05) is 13.1 Å². The molecule has 0 aliphatic carbocycles. The van der Waals surface area contributed by atoms with Gasteiger partial charge in [-0.1, -0.05) is 36.4 Å². The fourth-order valence-electron chi connectivity index (χ4n) is 3.33. The summed E-state index contributed by atoms with van der Waals surface area (Å²) in [4.78, 5) is 35.3. The minimum Gasteiger partial charge on any atom is -0.475 e. The molecule has 1 aliphatic heterocycles. The molecule has 4 N–H and O–H groups in total. The maximum absolute atomic E-state index is 13.7. The van der Waals surface area contributed by atoms with Gasteiger partial charge >= 0.3 is 12.1 Å². The Hall–Kier alpha value is -3.47. The minimum absolute atomic E-state index is 0.0599. The number of amides is 2. The molecule has 0 bridgehead atoms. The van der Waals surface area contributed by atoms with Crippen molar-refractivity contribution >= 4 is 17.8 Å². The van der Waals surface area contributed by atoms with Crippen LogP contribution in [0.15, 0.2) is 54.6 Å². The molecule has 2 amide bonds. The van der Waals surface area contributed by atoms with Crippen LogP contribution in [0.3, 0.4) is 0 Å². The quantitative estimate of drug-likeness (QED) is 0.547. The molecule has 0 spiro atoms. The topological polar surface area (TPSA) is 113 Å². The van der Waals surface area contributed by atoms with Crippen LogP contribution in [0.5, 0.6) is 0 Å². The second kappa shape index (κ2) is 12.1. The van der Waals surface area contributed by atoms with E-state index in [1.807, 2.05) is 18.2 Å². The Morgan fingerprint density at radius 1 is 1.09 bits per heavy atom. The van der Waals surface area contributed by atoms with E-state index in [2.05, 4.69) is 5.32 Å². The lowest BCUT2D eigenvalue weighted by Gasteiger charge is -2.20. The summed E-state index contributed by atoms with van der Waals surface area (Å²) in [5.41, 5.74) is 7.18. The summed E-state index contributed by atoms with van der Waals surface area (Å²) in [6.07, 6.45) is -3.89. The Labute approximate surface area is 193 Å². The molecule has 11 heteroatoms. The molecular weight excluding hydrogens is 458 g/mol. The number of alkyl halides is 3. The summed E-state index contributed by atoms with van der Waals surface area (Å²) in [7, 11) is 0. The average Bonchev–Trinajstić information content (AvgIpc) is 3.24. The highest BCUT2D eigenvalue weighted by molar-refractivity contribution is 5.94. The number of aliphatic carboxylic acids is 1. The van der Waals surface area contributed by atoms with Crippen LogP contribution in [0.4, 0.5) is 17.6 Å². The summed E-state index contributed by atoms with van der Waals surface area (Å²) in [5.74, 6) is -3.25. The van der Waals surface area contributed by atoms with E-state index >= 15 is 0 Å². The molecule has 1 fully saturated rings. The van der Waals surface area contributed by atoms with Crippen LogP contribution in [0.25, 0.3) is 0 Å². The van der Waals surface area contributed by atoms with Gasteiger partial charge in [-0.3, -0.25) is 9.59 Å². The van der Waals surface area contributed by atoms with Crippen LogP contribution in [0, 0.1) is 5.82 Å². The van der Waals surface area contributed by atoms with Crippen molar-refractivity contribution in [3.63, 3.8) is 0 Å². The average molecular weight is 483 g/mol. The van der Waals surface area contributed by atoms with Crippen LogP contribution in [0.1, 0.15) is 28.8 Å². The number of carboxylic acids is 1. The van der Waals surface area contributed by atoms with Crippen LogP contribution in [0.2, 0.25) is 0 Å². The lowest BCUT2D eigenvalue weighted by molar-refractivity contribution is -0.192. The number of nitrogens with zero attached hydrogens (tertiary/aromatic N) is 1. The van der Waals surface area contributed by atoms with E-state index in [1.54, 1.807) is 35.2 Å². The fraction of sp³-hybridized carbons (Fsp3) is 0.348. The number of carbonyl (C=O) groups is 3. The smallest absolute Gasteiger partial charge is 0.475 e. The van der Waals surface area contributed by atoms with E-state index in [9.17, 15) is 27.2 Å². The van der Waals surface area contributed by atoms with Crippen molar-refractivity contribution in [2.24, 2.45) is 5.73 Å². The summed E-state index contributed by atoms with van der Waals surface area (Å²) in [5, 5.41) is 10.1. The zero-order valence-electron chi connectivity index (χ0n) is 18.1. The molecule has 2 atom stereocenters. The zero-order chi connectivity index (χ0) is 25.3. The Kier molecular flexibility index (Phi) is 9.55. The van der Waals surface area contributed by atoms with Crippen LogP contribution in [-0.4, -0.2) is 59.1 Å². The number of nitrogens with one attached hydrogen (secondary N) is 1. The number of carboxylic acid groups (broad SMARTS) is 1. The van der Waals surface area contributed by atoms with Gasteiger partial charge in [0.05, 0.1) is 0 Å². The maximum atomic E-state index is 13.7. The predicted octanol–water partition coefficient (Wildman–Crippen LogP) is 2.75. The van der Waals surface area contributed by atoms with Crippen molar-refractivity contribution in [2.45, 2.75) is 37.5 Å². The van der Waals surface area contributed by atoms with Crippen molar-refractivity contribution in [3.05, 3.63) is 71.5 Å². The van der Waals surface area contributed by atoms with Gasteiger partial charge in [0.2, 0.25) is 5.91 Å². The van der Waals surface area contributed by atoms with Gasteiger partial charge in [-0.25, -0.2) is 9.18 Å². The molecule has 2 aromatic carbocycles. The molecule has 0 radical (unpaired) electrons. The first kappa shape index (κ1) is 26.8. The molecule has 2 aromatic rings. The van der Waals surface area contributed by atoms with Crippen molar-refractivity contribution in [1.29, 1.82) is 0 Å². The molecule has 0 saturated carbocycles. The highest BCUT2D eigenvalue weighted by Crippen LogP contribution is 2.15. The maximum Gasteiger partial charge on any atom is 0.490 e. The van der Waals surface area contributed by atoms with Crippen LogP contribution in [-0.2, 0) is 16.0 Å². The molecule has 0 aromatic heterocycles. The number of hydrogen-bond donors (Lipinski definition) is 3. The lowest BCUT2D eigenvalue weighted by atomic mass is 10.0. The van der Waals surface area contributed by atoms with E-state index in [0.717, 1.165) is 0 Å². The largest absolute Gasteiger partial charge is 0.490 e. The SMILES string of the molecule is N[C@@H](CC(=O)N1CC[C@@H](NC(=O)c2ccccc2)C1)Cc1ccccc1F.O=C(O)C(F)(F)F. The molecule has 1 aliphatic rings. The minimum atomic E-state index is -5.08. The molecule has 3 rings (SSSR count). The van der Waals surface area contributed by atoms with Crippen molar-refractivity contribution < 1.29 is 37.1 Å². The van der Waals surface area contributed by atoms with E-state index in [1.165, 1.54) is 6.07 Å². The molecule has 1 heterocycles. The molecule has 34 heavy (non-hydrogen) atoms. The number of rotatable bonds is 6. The third-order valence-electron chi connectivity index (χ3n) is 5.03. The van der Waals surface area contributed by atoms with Crippen LogP contribution >= 0.6 is 0 Å². The number of nitrogens with two attached hydrogens (primary N) is 1. The summed E-state index contributed by atoms with van der Waals surface area (Å²) < 4.78 is 45.4. The van der Waals surface area contributed by atoms with E-state index in [-0.39, 0.29) is 30.1 Å². The first-order valence-corrected chi connectivity index (χ1v) is 10.4. The first-order chi connectivity index (χ1) is 16.0. The Bertz CT molecular complexity index is 986. The third-order valence-corrected chi connectivity index (χ3v) is 5.03. The molecule has 184 valence electrons. The van der Waals surface area contributed by atoms with Gasteiger partial charge in [0.1, 0.15) is 5.82 Å². The van der Waals surface area contributed by atoms with Gasteiger partial charge in [0.25, 0.3) is 5.91 Å². The standard InChI is InChI=1S/C21H24FN3O2.C2HF3O2/c22-19-9-5-4-8-16(19)12-17(23)13-20(26)25-11-10-18(14-25)24-21(27)15-6-2-1-3-7-15;3-2(4,5)1(6)7/h1-9,17-18H,10-14,23H2,(H,24,27);(H,6,7)/t17-,18-;/m1./s1. The molecular formula is C23H25F4N3O4. The summed E-state index contributed by atoms with van der Waals surface area (Å²) in [6.45, 7) is 1.06. The van der Waals surface area contributed by atoms with E-state index < -0.39 is 18.2 Å². The zero-order valence-corrected chi connectivity index (χ0v) is 18.1. The van der Waals surface area contributed by atoms with E-state index in [0.29, 0.717) is 37.1 Å². The van der Waals surface area contributed by atoms with E-state index in [4.69, 9.17) is 15.6 Å². The molecule has 1 saturated heterocycles. The van der Waals surface area contributed by atoms with Gasteiger partial charge in [0, 0.05) is 37.2 Å². The van der Waals surface area contributed by atoms with Gasteiger partial charge in [-0.2, -0.15) is 13.2 Å². The summed E-state index contributed by atoms with van der Waals surface area (Å²) in [6, 6.07) is 15.0. The normalized spacial score (nSPS) is 16.3. The van der Waals surface area contributed by atoms with Crippen LogP contribution < -0.4 is 11.1 Å². The summed E-state index contributed by atoms with van der Waals surface area (Å²) >= 11 is 0. The number of hydrogen-bond acceptors (Lipinski definition) is 4. The number of benzene rings is 2. The first-order valence-electron chi connectivity index (χ1n) is 10.4. The predicted molar refractivity (Wildman–Crippen MR) is 115 cm³/mol. The monoisotopic (exact) mass is 483 g/mol. The van der Waals surface area contributed by atoms with Gasteiger partial charge < -0.3 is 21.1 Å². The highest BCUT2D eigenvalue weighted by atomic mass is 19.4. The lowest BCUT2D eigenvalue weighted by Crippen LogP contribution is -2.40. The Morgan fingerprint density at radius 2 is 1.68 bits per heavy atom. The highest BCUT2D eigenvalue weighted by Gasteiger charge is 2.38. The van der Waals surface area contributed by atoms with Crippen molar-refractivity contribution in [3.8, 4) is 0 Å². The second-order valence-electron chi connectivity index (χ2n) is 7.73. The van der Waals surface area contributed by atoms with Gasteiger partial charge in [-0.15, -0.1) is 0 Å². The van der Waals surface area contributed by atoms with Crippen molar-refractivity contribution in [1.82, 2.24) is 10.2 Å². The third kappa shape index (κ3) is 8.47. The second-order valence-corrected chi connectivity index (χ2v) is 7.73.